The molecule has 0 atom stereocenters. The molecule has 0 saturated carbocycles. The first kappa shape index (κ1) is 19.2. The molecule has 0 unspecified atom stereocenters. The molecule has 0 fully saturated rings. The molecule has 156 valence electrons. The molecule has 0 aliphatic carbocycles. The summed E-state index contributed by atoms with van der Waals surface area (Å²) in [7, 11) is 3.03. The molecular weight excluding hydrogens is 400 g/mol. The summed E-state index contributed by atoms with van der Waals surface area (Å²) in [6, 6.07) is 13.5. The van der Waals surface area contributed by atoms with E-state index in [1.165, 1.54) is 23.7 Å². The molecule has 2 aromatic carbocycles. The van der Waals surface area contributed by atoms with E-state index >= 15 is 0 Å². The maximum absolute atomic E-state index is 14.8. The standard InChI is InChI=1S/C24H19F2N3O2/c1-27-22-18(23(30)28(2)24(27)31)20(14-8-4-3-5-9-14)29-13-7-11-16(21(22)29)15-10-6-12-17(25)19(15)26/h3-6,8-12H,7,13H2,1-2H3. The number of hydrogen-bond donors (Lipinski definition) is 0. The van der Waals surface area contributed by atoms with E-state index in [1.807, 2.05) is 41.0 Å². The number of rotatable bonds is 2. The minimum absolute atomic E-state index is 0.105. The quantitative estimate of drug-likeness (QED) is 0.496. The molecular formula is C24H19F2N3O2. The van der Waals surface area contributed by atoms with Gasteiger partial charge in [-0.2, -0.15) is 0 Å². The molecule has 0 bridgehead atoms. The van der Waals surface area contributed by atoms with Crippen LogP contribution in [0.1, 0.15) is 17.7 Å². The SMILES string of the molecule is Cn1c(=O)c2c(-c3ccccc3)n3c(c2n(C)c1=O)C(c1cccc(F)c1F)=CCC3. The number of fused-ring (bicyclic) bond motifs is 3. The van der Waals surface area contributed by atoms with Crippen molar-refractivity contribution in [2.75, 3.05) is 0 Å². The van der Waals surface area contributed by atoms with Gasteiger partial charge < -0.3 is 4.57 Å². The Bertz CT molecular complexity index is 1510. The van der Waals surface area contributed by atoms with E-state index in [0.29, 0.717) is 40.8 Å². The van der Waals surface area contributed by atoms with Gasteiger partial charge in [0.2, 0.25) is 0 Å². The van der Waals surface area contributed by atoms with Gasteiger partial charge in [0.15, 0.2) is 11.6 Å². The van der Waals surface area contributed by atoms with Crippen LogP contribution in [0.4, 0.5) is 8.78 Å². The van der Waals surface area contributed by atoms with Gasteiger partial charge in [0.1, 0.15) is 0 Å². The molecule has 0 saturated heterocycles. The van der Waals surface area contributed by atoms with Crippen LogP contribution in [0.2, 0.25) is 0 Å². The van der Waals surface area contributed by atoms with Gasteiger partial charge in [-0.15, -0.1) is 0 Å². The summed E-state index contributed by atoms with van der Waals surface area (Å²) in [6.45, 7) is 0.548. The average Bonchev–Trinajstić information content (AvgIpc) is 3.14. The van der Waals surface area contributed by atoms with Crippen molar-refractivity contribution in [2.24, 2.45) is 14.1 Å². The van der Waals surface area contributed by atoms with Crippen LogP contribution in [0.15, 0.2) is 64.2 Å². The Morgan fingerprint density at radius 1 is 0.871 bits per heavy atom. The first-order valence-electron chi connectivity index (χ1n) is 9.94. The van der Waals surface area contributed by atoms with Crippen molar-refractivity contribution in [3.05, 3.63) is 98.3 Å². The summed E-state index contributed by atoms with van der Waals surface area (Å²) in [5, 5.41) is 0.385. The predicted molar refractivity (Wildman–Crippen MR) is 116 cm³/mol. The third-order valence-corrected chi connectivity index (χ3v) is 5.91. The van der Waals surface area contributed by atoms with Crippen LogP contribution in [0.5, 0.6) is 0 Å². The second-order valence-electron chi connectivity index (χ2n) is 7.65. The van der Waals surface area contributed by atoms with E-state index in [0.717, 1.165) is 16.2 Å². The third kappa shape index (κ3) is 2.66. The minimum Gasteiger partial charge on any atom is -0.338 e. The molecule has 0 radical (unpaired) electrons. The lowest BCUT2D eigenvalue weighted by Gasteiger charge is -2.21. The highest BCUT2D eigenvalue weighted by molar-refractivity contribution is 6.03. The number of aromatic nitrogens is 3. The number of benzene rings is 2. The molecule has 7 heteroatoms. The van der Waals surface area contributed by atoms with Crippen LogP contribution < -0.4 is 11.2 Å². The van der Waals surface area contributed by atoms with Crippen molar-refractivity contribution in [1.82, 2.24) is 13.7 Å². The topological polar surface area (TPSA) is 48.9 Å². The zero-order valence-corrected chi connectivity index (χ0v) is 17.0. The third-order valence-electron chi connectivity index (χ3n) is 5.91. The van der Waals surface area contributed by atoms with E-state index in [2.05, 4.69) is 0 Å². The Morgan fingerprint density at radius 2 is 1.61 bits per heavy atom. The Balaban J connectivity index is 1.99. The lowest BCUT2D eigenvalue weighted by Crippen LogP contribution is -2.36. The van der Waals surface area contributed by atoms with Gasteiger partial charge in [-0.3, -0.25) is 13.9 Å². The van der Waals surface area contributed by atoms with Crippen LogP contribution in [-0.4, -0.2) is 13.7 Å². The monoisotopic (exact) mass is 419 g/mol. The summed E-state index contributed by atoms with van der Waals surface area (Å²) in [5.74, 6) is -1.90. The van der Waals surface area contributed by atoms with Crippen molar-refractivity contribution < 1.29 is 8.78 Å². The van der Waals surface area contributed by atoms with E-state index in [1.54, 1.807) is 7.05 Å². The van der Waals surface area contributed by atoms with Gasteiger partial charge in [-0.05, 0) is 18.1 Å². The number of nitrogens with zero attached hydrogens (tertiary/aromatic N) is 3. The summed E-state index contributed by atoms with van der Waals surface area (Å²) in [6.07, 6.45) is 2.41. The number of allylic oxidation sites excluding steroid dienone is 1. The summed E-state index contributed by atoms with van der Waals surface area (Å²) < 4.78 is 33.2. The highest BCUT2D eigenvalue weighted by Gasteiger charge is 2.29. The molecule has 2 aromatic heterocycles. The normalized spacial score (nSPS) is 13.4. The van der Waals surface area contributed by atoms with Crippen molar-refractivity contribution in [3.63, 3.8) is 0 Å². The van der Waals surface area contributed by atoms with Gasteiger partial charge in [-0.25, -0.2) is 13.6 Å². The summed E-state index contributed by atoms with van der Waals surface area (Å²) in [5.41, 5.74) is 2.13. The van der Waals surface area contributed by atoms with Crippen molar-refractivity contribution in [2.45, 2.75) is 13.0 Å². The molecule has 0 amide bonds. The van der Waals surface area contributed by atoms with E-state index in [-0.39, 0.29) is 5.56 Å². The Labute approximate surface area is 176 Å². The maximum Gasteiger partial charge on any atom is 0.331 e. The maximum atomic E-state index is 14.8. The molecule has 5 nitrogen and oxygen atoms in total. The fraction of sp³-hybridized carbons (Fsp3) is 0.167. The lowest BCUT2D eigenvalue weighted by molar-refractivity contribution is 0.506. The fourth-order valence-electron chi connectivity index (χ4n) is 4.49. The van der Waals surface area contributed by atoms with Crippen molar-refractivity contribution in [3.8, 4) is 11.3 Å². The minimum atomic E-state index is -0.952. The molecule has 1 aliphatic heterocycles. The average molecular weight is 419 g/mol. The van der Waals surface area contributed by atoms with Crippen LogP contribution in [0.25, 0.3) is 27.7 Å². The molecule has 31 heavy (non-hydrogen) atoms. The molecule has 1 aliphatic rings. The molecule has 0 spiro atoms. The van der Waals surface area contributed by atoms with Crippen LogP contribution >= 0.6 is 0 Å². The Hall–Kier alpha value is -3.74. The zero-order chi connectivity index (χ0) is 21.9. The Kier molecular flexibility index (Phi) is 4.28. The van der Waals surface area contributed by atoms with Crippen LogP contribution in [0.3, 0.4) is 0 Å². The van der Waals surface area contributed by atoms with Crippen LogP contribution in [-0.2, 0) is 20.6 Å². The van der Waals surface area contributed by atoms with E-state index in [9.17, 15) is 18.4 Å². The van der Waals surface area contributed by atoms with Crippen LogP contribution in [0, 0.1) is 11.6 Å². The van der Waals surface area contributed by atoms with Gasteiger partial charge in [0.05, 0.1) is 22.3 Å². The summed E-state index contributed by atoms with van der Waals surface area (Å²) in [4.78, 5) is 26.0. The fourth-order valence-corrected chi connectivity index (χ4v) is 4.49. The number of aryl methyl sites for hydroxylation is 1. The molecule has 4 aromatic rings. The van der Waals surface area contributed by atoms with E-state index < -0.39 is 22.9 Å². The van der Waals surface area contributed by atoms with Gasteiger partial charge in [-0.1, -0.05) is 48.5 Å². The lowest BCUT2D eigenvalue weighted by atomic mass is 9.97. The smallest absolute Gasteiger partial charge is 0.331 e. The molecule has 0 N–H and O–H groups in total. The first-order chi connectivity index (χ1) is 14.9. The highest BCUT2D eigenvalue weighted by atomic mass is 19.2. The highest BCUT2D eigenvalue weighted by Crippen LogP contribution is 2.40. The largest absolute Gasteiger partial charge is 0.338 e. The zero-order valence-electron chi connectivity index (χ0n) is 17.0. The van der Waals surface area contributed by atoms with Gasteiger partial charge in [0, 0.05) is 31.8 Å². The van der Waals surface area contributed by atoms with Gasteiger partial charge >= 0.3 is 5.69 Å². The summed E-state index contributed by atoms with van der Waals surface area (Å²) >= 11 is 0. The van der Waals surface area contributed by atoms with Crippen molar-refractivity contribution >= 4 is 16.5 Å². The predicted octanol–water partition coefficient (Wildman–Crippen LogP) is 3.82. The Morgan fingerprint density at radius 3 is 2.35 bits per heavy atom. The van der Waals surface area contributed by atoms with E-state index in [4.69, 9.17) is 0 Å². The molecule has 3 heterocycles. The number of hydrogen-bond acceptors (Lipinski definition) is 2. The first-order valence-corrected chi connectivity index (χ1v) is 9.94. The molecule has 5 rings (SSSR count). The van der Waals surface area contributed by atoms with Crippen molar-refractivity contribution in [1.29, 1.82) is 0 Å². The second-order valence-corrected chi connectivity index (χ2v) is 7.65. The second kappa shape index (κ2) is 6.91. The van der Waals surface area contributed by atoms with Gasteiger partial charge in [0.25, 0.3) is 5.56 Å². The number of halogens is 2.